The summed E-state index contributed by atoms with van der Waals surface area (Å²) < 4.78 is 10.7. The van der Waals surface area contributed by atoms with Gasteiger partial charge in [0.15, 0.2) is 11.5 Å². The number of nitrogens with two attached hydrogens (primary N) is 3. The number of benzene rings is 1. The van der Waals surface area contributed by atoms with Crippen LogP contribution in [0.5, 0.6) is 11.5 Å². The Morgan fingerprint density at radius 1 is 1.22 bits per heavy atom. The summed E-state index contributed by atoms with van der Waals surface area (Å²) in [6, 6.07) is 5.11. The number of nitrogen functional groups attached to an aromatic ring is 3. The van der Waals surface area contributed by atoms with Crippen LogP contribution >= 0.6 is 0 Å². The first-order valence-corrected chi connectivity index (χ1v) is 6.66. The lowest BCUT2D eigenvalue weighted by Crippen LogP contribution is -2.19. The molecule has 1 atom stereocenters. The fourth-order valence-corrected chi connectivity index (χ4v) is 2.60. The quantitative estimate of drug-likeness (QED) is 0.532. The van der Waals surface area contributed by atoms with Gasteiger partial charge in [0.2, 0.25) is 19.3 Å². The normalized spacial score (nSPS) is 13.7. The van der Waals surface area contributed by atoms with E-state index in [2.05, 4.69) is 9.97 Å². The van der Waals surface area contributed by atoms with Crippen molar-refractivity contribution >= 4 is 17.6 Å². The van der Waals surface area contributed by atoms with Gasteiger partial charge in [-0.2, -0.15) is 9.97 Å². The summed E-state index contributed by atoms with van der Waals surface area (Å²) in [5.74, 6) is 0.0415. The minimum absolute atomic E-state index is 0.00151. The summed E-state index contributed by atoms with van der Waals surface area (Å²) in [4.78, 5) is 18.4. The van der Waals surface area contributed by atoms with E-state index < -0.39 is 17.4 Å². The Labute approximate surface area is 130 Å². The van der Waals surface area contributed by atoms with Crippen LogP contribution in [0.15, 0.2) is 18.2 Å². The molecular weight excluding hydrogens is 304 g/mol. The van der Waals surface area contributed by atoms with E-state index in [1.165, 1.54) is 0 Å². The lowest BCUT2D eigenvalue weighted by molar-refractivity contribution is -0.481. The van der Waals surface area contributed by atoms with Gasteiger partial charge >= 0.3 is 0 Å². The number of ether oxygens (including phenoxy) is 2. The van der Waals surface area contributed by atoms with Gasteiger partial charge < -0.3 is 26.7 Å². The van der Waals surface area contributed by atoms with Gasteiger partial charge in [0.25, 0.3) is 0 Å². The first-order valence-electron chi connectivity index (χ1n) is 6.66. The minimum Gasteiger partial charge on any atom is -0.454 e. The molecule has 10 heteroatoms. The van der Waals surface area contributed by atoms with E-state index in [-0.39, 0.29) is 29.9 Å². The van der Waals surface area contributed by atoms with E-state index >= 15 is 0 Å². The summed E-state index contributed by atoms with van der Waals surface area (Å²) >= 11 is 0. The Hall–Kier alpha value is -3.30. The summed E-state index contributed by atoms with van der Waals surface area (Å²) in [6.45, 7) is -0.414. The van der Waals surface area contributed by atoms with E-state index in [0.717, 1.165) is 0 Å². The molecular formula is C13H14N6O4. The molecule has 120 valence electrons. The molecule has 6 N–H and O–H groups in total. The molecule has 0 aliphatic carbocycles. The maximum absolute atomic E-state index is 11.1. The number of para-hydroxylation sites is 1. The predicted molar refractivity (Wildman–Crippen MR) is 81.5 cm³/mol. The van der Waals surface area contributed by atoms with Crippen molar-refractivity contribution in [2.75, 3.05) is 30.5 Å². The second-order valence-corrected chi connectivity index (χ2v) is 4.91. The van der Waals surface area contributed by atoms with Crippen LogP contribution in [0.25, 0.3) is 0 Å². The molecule has 0 spiro atoms. The van der Waals surface area contributed by atoms with Crippen LogP contribution in [-0.2, 0) is 0 Å². The van der Waals surface area contributed by atoms with Crippen LogP contribution in [0.4, 0.5) is 17.6 Å². The second-order valence-electron chi connectivity index (χ2n) is 4.91. The molecule has 2 aromatic rings. The summed E-state index contributed by atoms with van der Waals surface area (Å²) in [7, 11) is 0. The van der Waals surface area contributed by atoms with Gasteiger partial charge in [-0.3, -0.25) is 10.1 Å². The molecule has 1 aromatic heterocycles. The molecule has 0 radical (unpaired) electrons. The summed E-state index contributed by atoms with van der Waals surface area (Å²) in [5.41, 5.74) is 18.0. The molecule has 0 saturated carbocycles. The molecule has 10 nitrogen and oxygen atoms in total. The molecule has 1 aliphatic heterocycles. The molecule has 0 bridgehead atoms. The fraction of sp³-hybridized carbons (Fsp3) is 0.231. The van der Waals surface area contributed by atoms with E-state index in [1.807, 2.05) is 0 Å². The summed E-state index contributed by atoms with van der Waals surface area (Å²) in [6.07, 6.45) is 0. The van der Waals surface area contributed by atoms with Crippen LogP contribution in [0.3, 0.4) is 0 Å². The number of nitro groups is 1. The van der Waals surface area contributed by atoms with Crippen molar-refractivity contribution in [2.24, 2.45) is 0 Å². The van der Waals surface area contributed by atoms with Crippen molar-refractivity contribution in [2.45, 2.75) is 5.92 Å². The number of hydrogen-bond donors (Lipinski definition) is 3. The molecule has 23 heavy (non-hydrogen) atoms. The first-order chi connectivity index (χ1) is 11.0. The zero-order chi connectivity index (χ0) is 16.6. The Balaban J connectivity index is 2.17. The highest BCUT2D eigenvalue weighted by atomic mass is 16.7. The Bertz CT molecular complexity index is 758. The highest BCUT2D eigenvalue weighted by Crippen LogP contribution is 2.43. The first kappa shape index (κ1) is 14.6. The Kier molecular flexibility index (Phi) is 3.48. The zero-order valence-corrected chi connectivity index (χ0v) is 11.9. The molecule has 0 saturated heterocycles. The maximum atomic E-state index is 11.1. The standard InChI is InChI=1S/C13H14N6O4/c14-11-9(12(15)18-13(16)17-11)7(4-19(20)21)6-2-1-3-8-10(6)23-5-22-8/h1-3,7H,4-5H2,(H6,14,15,16,17,18). The van der Waals surface area contributed by atoms with E-state index in [4.69, 9.17) is 26.7 Å². The molecule has 2 heterocycles. The average Bonchev–Trinajstić information content (AvgIpc) is 2.93. The summed E-state index contributed by atoms with van der Waals surface area (Å²) in [5, 5.41) is 11.1. The third-order valence-corrected chi connectivity index (χ3v) is 3.50. The maximum Gasteiger partial charge on any atom is 0.231 e. The van der Waals surface area contributed by atoms with Crippen LogP contribution in [0.1, 0.15) is 17.0 Å². The number of hydrogen-bond acceptors (Lipinski definition) is 9. The molecule has 3 rings (SSSR count). The van der Waals surface area contributed by atoms with Gasteiger partial charge in [0.05, 0.1) is 11.5 Å². The third-order valence-electron chi connectivity index (χ3n) is 3.50. The van der Waals surface area contributed by atoms with Crippen LogP contribution in [0.2, 0.25) is 0 Å². The van der Waals surface area contributed by atoms with E-state index in [9.17, 15) is 10.1 Å². The molecule has 0 amide bonds. The van der Waals surface area contributed by atoms with Crippen molar-refractivity contribution in [3.05, 3.63) is 39.4 Å². The van der Waals surface area contributed by atoms with Gasteiger partial charge in [-0.05, 0) is 6.07 Å². The topological polar surface area (TPSA) is 165 Å². The molecule has 1 aromatic carbocycles. The van der Waals surface area contributed by atoms with Crippen molar-refractivity contribution in [1.29, 1.82) is 0 Å². The van der Waals surface area contributed by atoms with Crippen molar-refractivity contribution < 1.29 is 14.4 Å². The van der Waals surface area contributed by atoms with Crippen LogP contribution in [-0.4, -0.2) is 28.2 Å². The van der Waals surface area contributed by atoms with E-state index in [0.29, 0.717) is 17.1 Å². The monoisotopic (exact) mass is 318 g/mol. The number of aromatic nitrogens is 2. The van der Waals surface area contributed by atoms with Crippen molar-refractivity contribution in [3.63, 3.8) is 0 Å². The average molecular weight is 318 g/mol. The fourth-order valence-electron chi connectivity index (χ4n) is 2.60. The molecule has 1 unspecified atom stereocenters. The van der Waals surface area contributed by atoms with Crippen molar-refractivity contribution in [1.82, 2.24) is 9.97 Å². The van der Waals surface area contributed by atoms with Gasteiger partial charge in [0.1, 0.15) is 11.6 Å². The van der Waals surface area contributed by atoms with Gasteiger partial charge in [-0.25, -0.2) is 0 Å². The highest BCUT2D eigenvalue weighted by Gasteiger charge is 2.32. The van der Waals surface area contributed by atoms with Crippen molar-refractivity contribution in [3.8, 4) is 11.5 Å². The SMILES string of the molecule is Nc1nc(N)c(C(C[N+](=O)[O-])c2cccc3c2OCO3)c(N)n1. The van der Waals surface area contributed by atoms with E-state index in [1.54, 1.807) is 18.2 Å². The van der Waals surface area contributed by atoms with Gasteiger partial charge in [0, 0.05) is 10.5 Å². The largest absolute Gasteiger partial charge is 0.454 e. The van der Waals surface area contributed by atoms with Crippen LogP contribution in [0, 0.1) is 10.1 Å². The van der Waals surface area contributed by atoms with Gasteiger partial charge in [-0.1, -0.05) is 12.1 Å². The minimum atomic E-state index is -0.790. The van der Waals surface area contributed by atoms with Crippen LogP contribution < -0.4 is 26.7 Å². The van der Waals surface area contributed by atoms with Gasteiger partial charge in [-0.15, -0.1) is 0 Å². The predicted octanol–water partition coefficient (Wildman–Crippen LogP) is 0.360. The smallest absolute Gasteiger partial charge is 0.231 e. The Morgan fingerprint density at radius 2 is 1.91 bits per heavy atom. The third kappa shape index (κ3) is 2.61. The number of anilines is 3. The number of nitrogens with zero attached hydrogens (tertiary/aromatic N) is 3. The molecule has 0 fully saturated rings. The number of fused-ring (bicyclic) bond motifs is 1. The highest BCUT2D eigenvalue weighted by molar-refractivity contribution is 5.63. The molecule has 1 aliphatic rings. The lowest BCUT2D eigenvalue weighted by Gasteiger charge is -2.18. The second kappa shape index (κ2) is 5.48. The zero-order valence-electron chi connectivity index (χ0n) is 11.9. The Morgan fingerprint density at radius 3 is 2.57 bits per heavy atom. The lowest BCUT2D eigenvalue weighted by atomic mass is 9.90. The number of rotatable bonds is 4.